The van der Waals surface area contributed by atoms with Gasteiger partial charge < -0.3 is 5.11 Å². The maximum atomic E-state index is 12.2. The van der Waals surface area contributed by atoms with Crippen molar-refractivity contribution in [3.63, 3.8) is 0 Å². The number of halogens is 3. The highest BCUT2D eigenvalue weighted by Gasteiger charge is 2.38. The lowest BCUT2D eigenvalue weighted by molar-refractivity contribution is -0.126. The summed E-state index contributed by atoms with van der Waals surface area (Å²) in [5, 5.41) is 15.5. The minimum Gasteiger partial charge on any atom is -0.503 e. The van der Waals surface area contributed by atoms with Gasteiger partial charge in [-0.05, 0) is 12.1 Å². The number of azo groups is 1. The molecule has 0 amide bonds. The maximum Gasteiger partial charge on any atom is 0.451 e. The SMILES string of the molecule is CC(=O)/C(N=Nc1ccccc1)=C(\O)C(F)(F)F. The van der Waals surface area contributed by atoms with Crippen molar-refractivity contribution < 1.29 is 23.1 Å². The Bertz CT molecular complexity index is 493. The minimum absolute atomic E-state index is 0.270. The summed E-state index contributed by atoms with van der Waals surface area (Å²) in [6, 6.07) is 7.88. The topological polar surface area (TPSA) is 62.0 Å². The fourth-order valence-electron chi connectivity index (χ4n) is 1.02. The molecule has 0 spiro atoms. The Hall–Kier alpha value is -2.18. The summed E-state index contributed by atoms with van der Waals surface area (Å²) in [5.41, 5.74) is -0.849. The first-order chi connectivity index (χ1) is 8.32. The van der Waals surface area contributed by atoms with Gasteiger partial charge in [-0.2, -0.15) is 18.3 Å². The Morgan fingerprint density at radius 3 is 2.22 bits per heavy atom. The molecule has 0 radical (unpaired) electrons. The quantitative estimate of drug-likeness (QED) is 0.510. The molecule has 1 rings (SSSR count). The van der Waals surface area contributed by atoms with Crippen molar-refractivity contribution in [2.45, 2.75) is 13.1 Å². The molecule has 18 heavy (non-hydrogen) atoms. The number of Topliss-reactive ketones (excluding diaryl/α,β-unsaturated/α-hetero) is 1. The number of carbonyl (C=O) groups excluding carboxylic acids is 1. The van der Waals surface area contributed by atoms with Crippen LogP contribution in [0.3, 0.4) is 0 Å². The van der Waals surface area contributed by atoms with E-state index in [0.717, 1.165) is 6.92 Å². The Morgan fingerprint density at radius 1 is 1.22 bits per heavy atom. The number of aliphatic hydroxyl groups excluding tert-OH is 1. The van der Waals surface area contributed by atoms with Crippen LogP contribution in [0.25, 0.3) is 0 Å². The molecule has 0 bridgehead atoms. The lowest BCUT2D eigenvalue weighted by Gasteiger charge is -2.06. The number of aliphatic hydroxyl groups is 1. The Labute approximate surface area is 100 Å². The van der Waals surface area contributed by atoms with Gasteiger partial charge in [-0.15, -0.1) is 5.11 Å². The first-order valence-corrected chi connectivity index (χ1v) is 4.80. The first-order valence-electron chi connectivity index (χ1n) is 4.80. The molecule has 0 atom stereocenters. The minimum atomic E-state index is -5.03. The maximum absolute atomic E-state index is 12.2. The Balaban J connectivity index is 3.10. The van der Waals surface area contributed by atoms with Crippen molar-refractivity contribution in [1.29, 1.82) is 0 Å². The van der Waals surface area contributed by atoms with E-state index in [4.69, 9.17) is 5.11 Å². The number of alkyl halides is 3. The fourth-order valence-corrected chi connectivity index (χ4v) is 1.02. The molecule has 0 heterocycles. The van der Waals surface area contributed by atoms with Crippen LogP contribution in [0.15, 0.2) is 52.0 Å². The van der Waals surface area contributed by atoms with Gasteiger partial charge in [0.1, 0.15) is 0 Å². The zero-order chi connectivity index (χ0) is 13.8. The van der Waals surface area contributed by atoms with Gasteiger partial charge in [0.25, 0.3) is 0 Å². The third-order valence-corrected chi connectivity index (χ3v) is 1.85. The molecular weight excluding hydrogens is 249 g/mol. The van der Waals surface area contributed by atoms with Crippen LogP contribution in [0.4, 0.5) is 18.9 Å². The molecule has 0 aliphatic heterocycles. The number of benzene rings is 1. The van der Waals surface area contributed by atoms with Gasteiger partial charge in [-0.1, -0.05) is 18.2 Å². The molecule has 0 aliphatic rings. The smallest absolute Gasteiger partial charge is 0.451 e. The largest absolute Gasteiger partial charge is 0.503 e. The fraction of sp³-hybridized carbons (Fsp3) is 0.182. The van der Waals surface area contributed by atoms with Gasteiger partial charge in [-0.25, -0.2) is 0 Å². The van der Waals surface area contributed by atoms with E-state index in [9.17, 15) is 18.0 Å². The van der Waals surface area contributed by atoms with E-state index in [1.807, 2.05) is 0 Å². The molecule has 96 valence electrons. The summed E-state index contributed by atoms with van der Waals surface area (Å²) < 4.78 is 36.7. The number of allylic oxidation sites excluding steroid dienone is 2. The predicted molar refractivity (Wildman–Crippen MR) is 57.3 cm³/mol. The zero-order valence-electron chi connectivity index (χ0n) is 9.27. The van der Waals surface area contributed by atoms with Gasteiger partial charge >= 0.3 is 6.18 Å². The van der Waals surface area contributed by atoms with Crippen LogP contribution in [0.2, 0.25) is 0 Å². The average Bonchev–Trinajstić information content (AvgIpc) is 2.28. The third kappa shape index (κ3) is 3.69. The van der Waals surface area contributed by atoms with Crippen molar-refractivity contribution in [2.75, 3.05) is 0 Å². The van der Waals surface area contributed by atoms with E-state index in [-0.39, 0.29) is 5.69 Å². The molecular formula is C11H9F3N2O2. The first kappa shape index (κ1) is 13.9. The summed E-state index contributed by atoms with van der Waals surface area (Å²) in [6.07, 6.45) is -5.03. The molecule has 4 nitrogen and oxygen atoms in total. The van der Waals surface area contributed by atoms with Crippen LogP contribution in [0.1, 0.15) is 6.92 Å². The highest BCUT2D eigenvalue weighted by Crippen LogP contribution is 2.27. The molecule has 1 N–H and O–H groups in total. The average molecular weight is 258 g/mol. The predicted octanol–water partition coefficient (Wildman–Crippen LogP) is 3.69. The van der Waals surface area contributed by atoms with Crippen molar-refractivity contribution in [3.8, 4) is 0 Å². The van der Waals surface area contributed by atoms with Gasteiger partial charge in [0, 0.05) is 6.92 Å². The van der Waals surface area contributed by atoms with E-state index in [1.54, 1.807) is 18.2 Å². The van der Waals surface area contributed by atoms with Gasteiger partial charge in [0.15, 0.2) is 11.5 Å². The highest BCUT2D eigenvalue weighted by molar-refractivity contribution is 5.93. The molecule has 7 heteroatoms. The second-order valence-corrected chi connectivity index (χ2v) is 3.29. The van der Waals surface area contributed by atoms with Crippen LogP contribution in [0, 0.1) is 0 Å². The second kappa shape index (κ2) is 5.44. The van der Waals surface area contributed by atoms with Crippen molar-refractivity contribution in [1.82, 2.24) is 0 Å². The van der Waals surface area contributed by atoms with Crippen molar-refractivity contribution >= 4 is 11.5 Å². The number of hydrogen-bond donors (Lipinski definition) is 1. The molecule has 1 aromatic rings. The molecule has 0 saturated heterocycles. The number of carbonyl (C=O) groups is 1. The standard InChI is InChI=1S/C11H9F3N2O2/c1-7(17)9(10(18)11(12,13)14)16-15-8-5-3-2-4-6-8/h2-6,18H,1H3/b10-9+,16-15?. The van der Waals surface area contributed by atoms with E-state index < -0.39 is 23.4 Å². The Kier molecular flexibility index (Phi) is 4.19. The summed E-state index contributed by atoms with van der Waals surface area (Å²) in [6.45, 7) is 0.862. The zero-order valence-corrected chi connectivity index (χ0v) is 9.27. The lowest BCUT2D eigenvalue weighted by atomic mass is 10.3. The summed E-state index contributed by atoms with van der Waals surface area (Å²) in [4.78, 5) is 11.0. The van der Waals surface area contributed by atoms with E-state index in [1.165, 1.54) is 12.1 Å². The van der Waals surface area contributed by atoms with E-state index >= 15 is 0 Å². The molecule has 0 aliphatic carbocycles. The third-order valence-electron chi connectivity index (χ3n) is 1.85. The summed E-state index contributed by atoms with van der Waals surface area (Å²) in [5.74, 6) is -3.07. The number of rotatable bonds is 3. The van der Waals surface area contributed by atoms with E-state index in [0.29, 0.717) is 0 Å². The highest BCUT2D eigenvalue weighted by atomic mass is 19.4. The summed E-state index contributed by atoms with van der Waals surface area (Å²) >= 11 is 0. The molecule has 1 aromatic carbocycles. The van der Waals surface area contributed by atoms with Crippen LogP contribution in [0.5, 0.6) is 0 Å². The van der Waals surface area contributed by atoms with Crippen LogP contribution in [-0.2, 0) is 4.79 Å². The van der Waals surface area contributed by atoms with Crippen molar-refractivity contribution in [2.24, 2.45) is 10.2 Å². The normalized spacial score (nSPS) is 13.6. The lowest BCUT2D eigenvalue weighted by Crippen LogP contribution is -2.16. The molecule has 0 fully saturated rings. The molecule has 0 unspecified atom stereocenters. The van der Waals surface area contributed by atoms with Crippen LogP contribution < -0.4 is 0 Å². The number of ketones is 1. The van der Waals surface area contributed by atoms with Gasteiger partial charge in [-0.3, -0.25) is 4.79 Å². The molecule has 0 saturated carbocycles. The van der Waals surface area contributed by atoms with Gasteiger partial charge in [0.2, 0.25) is 5.76 Å². The van der Waals surface area contributed by atoms with E-state index in [2.05, 4.69) is 10.2 Å². The monoisotopic (exact) mass is 258 g/mol. The Morgan fingerprint density at radius 2 is 1.78 bits per heavy atom. The van der Waals surface area contributed by atoms with Crippen LogP contribution >= 0.6 is 0 Å². The molecule has 0 aromatic heterocycles. The van der Waals surface area contributed by atoms with Crippen molar-refractivity contribution in [3.05, 3.63) is 41.8 Å². The van der Waals surface area contributed by atoms with Crippen LogP contribution in [-0.4, -0.2) is 17.1 Å². The second-order valence-electron chi connectivity index (χ2n) is 3.29. The number of hydrogen-bond acceptors (Lipinski definition) is 4. The summed E-state index contributed by atoms with van der Waals surface area (Å²) in [7, 11) is 0. The van der Waals surface area contributed by atoms with Gasteiger partial charge in [0.05, 0.1) is 5.69 Å². The number of nitrogens with zero attached hydrogens (tertiary/aromatic N) is 2.